The molecule has 0 bridgehead atoms. The maximum absolute atomic E-state index is 12.7. The molecule has 0 atom stereocenters. The molecule has 4 aromatic rings. The fourth-order valence-electron chi connectivity index (χ4n) is 4.26. The molecule has 0 saturated carbocycles. The van der Waals surface area contributed by atoms with Crippen molar-refractivity contribution in [1.82, 2.24) is 4.98 Å². The van der Waals surface area contributed by atoms with Crippen LogP contribution in [-0.4, -0.2) is 24.5 Å². The number of pyridine rings is 1. The van der Waals surface area contributed by atoms with Crippen LogP contribution in [-0.2, 0) is 6.42 Å². The van der Waals surface area contributed by atoms with Crippen LogP contribution in [0.3, 0.4) is 0 Å². The van der Waals surface area contributed by atoms with Gasteiger partial charge >= 0.3 is 0 Å². The van der Waals surface area contributed by atoms with E-state index in [0.717, 1.165) is 46.8 Å². The molecule has 1 aliphatic rings. The SMILES string of the molecule is COc1ccc2cc3c(nc2c1)N(c1ccc(C(=O)Nc2ccc(C(C)C)cc2)cc1)CC3. The van der Waals surface area contributed by atoms with Crippen molar-refractivity contribution >= 4 is 34.0 Å². The van der Waals surface area contributed by atoms with Crippen molar-refractivity contribution in [3.8, 4) is 5.75 Å². The Hall–Kier alpha value is -3.86. The number of fused-ring (bicyclic) bond motifs is 2. The molecule has 5 nitrogen and oxygen atoms in total. The lowest BCUT2D eigenvalue weighted by Crippen LogP contribution is -2.15. The number of ether oxygens (including phenoxy) is 1. The Labute approximate surface area is 194 Å². The number of hydrogen-bond acceptors (Lipinski definition) is 4. The lowest BCUT2D eigenvalue weighted by molar-refractivity contribution is 0.102. The molecule has 0 saturated heterocycles. The molecule has 5 heteroatoms. The molecule has 1 aromatic heterocycles. The smallest absolute Gasteiger partial charge is 0.255 e. The average Bonchev–Trinajstić information content (AvgIpc) is 3.25. The number of carbonyl (C=O) groups excluding carboxylic acids is 1. The van der Waals surface area contributed by atoms with E-state index in [-0.39, 0.29) is 5.91 Å². The monoisotopic (exact) mass is 437 g/mol. The van der Waals surface area contributed by atoms with E-state index in [9.17, 15) is 4.79 Å². The second-order valence-corrected chi connectivity index (χ2v) is 8.71. The summed E-state index contributed by atoms with van der Waals surface area (Å²) in [5, 5.41) is 4.10. The van der Waals surface area contributed by atoms with Crippen molar-refractivity contribution in [1.29, 1.82) is 0 Å². The van der Waals surface area contributed by atoms with Crippen LogP contribution in [0.2, 0.25) is 0 Å². The average molecular weight is 438 g/mol. The number of benzene rings is 3. The Morgan fingerprint density at radius 1 is 1.00 bits per heavy atom. The van der Waals surface area contributed by atoms with Crippen LogP contribution < -0.4 is 15.0 Å². The first-order valence-electron chi connectivity index (χ1n) is 11.3. The van der Waals surface area contributed by atoms with Crippen molar-refractivity contribution in [2.24, 2.45) is 0 Å². The number of amides is 1. The largest absolute Gasteiger partial charge is 0.497 e. The summed E-state index contributed by atoms with van der Waals surface area (Å²) in [6.07, 6.45) is 0.943. The van der Waals surface area contributed by atoms with Gasteiger partial charge in [-0.25, -0.2) is 4.98 Å². The van der Waals surface area contributed by atoms with Crippen LogP contribution in [0.4, 0.5) is 17.2 Å². The van der Waals surface area contributed by atoms with Crippen LogP contribution in [0.5, 0.6) is 5.75 Å². The maximum Gasteiger partial charge on any atom is 0.255 e. The van der Waals surface area contributed by atoms with E-state index in [1.54, 1.807) is 7.11 Å². The van der Waals surface area contributed by atoms with Gasteiger partial charge in [0.05, 0.1) is 12.6 Å². The molecule has 166 valence electrons. The van der Waals surface area contributed by atoms with Crippen molar-refractivity contribution in [3.05, 3.63) is 89.5 Å². The number of anilines is 3. The van der Waals surface area contributed by atoms with Crippen LogP contribution in [0.15, 0.2) is 72.8 Å². The van der Waals surface area contributed by atoms with Gasteiger partial charge in [-0.2, -0.15) is 0 Å². The van der Waals surface area contributed by atoms with Crippen molar-refractivity contribution in [3.63, 3.8) is 0 Å². The lowest BCUT2D eigenvalue weighted by Gasteiger charge is -2.19. The minimum absolute atomic E-state index is 0.114. The summed E-state index contributed by atoms with van der Waals surface area (Å²) in [6.45, 7) is 5.18. The Morgan fingerprint density at radius 2 is 1.76 bits per heavy atom. The van der Waals surface area contributed by atoms with Gasteiger partial charge in [-0.15, -0.1) is 0 Å². The number of hydrogen-bond donors (Lipinski definition) is 1. The molecule has 1 aliphatic heterocycles. The second kappa shape index (κ2) is 8.58. The number of rotatable bonds is 5. The molecule has 0 unspecified atom stereocenters. The Morgan fingerprint density at radius 3 is 2.45 bits per heavy atom. The van der Waals surface area contributed by atoms with E-state index in [0.29, 0.717) is 11.5 Å². The Bertz CT molecular complexity index is 1310. The second-order valence-electron chi connectivity index (χ2n) is 8.71. The third-order valence-corrected chi connectivity index (χ3v) is 6.22. The Kier molecular flexibility index (Phi) is 5.47. The molecule has 1 N–H and O–H groups in total. The van der Waals surface area contributed by atoms with Crippen molar-refractivity contribution < 1.29 is 9.53 Å². The first kappa shape index (κ1) is 21.0. The van der Waals surface area contributed by atoms with Gasteiger partial charge in [0.1, 0.15) is 11.6 Å². The van der Waals surface area contributed by atoms with E-state index >= 15 is 0 Å². The lowest BCUT2D eigenvalue weighted by atomic mass is 10.0. The van der Waals surface area contributed by atoms with Gasteiger partial charge in [0.2, 0.25) is 0 Å². The quantitative estimate of drug-likeness (QED) is 0.397. The van der Waals surface area contributed by atoms with Crippen LogP contribution >= 0.6 is 0 Å². The fraction of sp³-hybridized carbons (Fsp3) is 0.214. The number of nitrogens with zero attached hydrogens (tertiary/aromatic N) is 2. The van der Waals surface area contributed by atoms with Gasteiger partial charge < -0.3 is 15.0 Å². The van der Waals surface area contributed by atoms with Crippen LogP contribution in [0.1, 0.15) is 41.3 Å². The number of aromatic nitrogens is 1. The van der Waals surface area contributed by atoms with E-state index < -0.39 is 0 Å². The predicted octanol–water partition coefficient (Wildman–Crippen LogP) is 6.31. The van der Waals surface area contributed by atoms with E-state index in [2.05, 4.69) is 42.3 Å². The first-order chi connectivity index (χ1) is 16.0. The third kappa shape index (κ3) is 4.14. The van der Waals surface area contributed by atoms with Crippen LogP contribution in [0.25, 0.3) is 10.9 Å². The predicted molar refractivity (Wildman–Crippen MR) is 134 cm³/mol. The molecule has 3 aromatic carbocycles. The molecular weight excluding hydrogens is 410 g/mol. The topological polar surface area (TPSA) is 54.5 Å². The molecule has 0 spiro atoms. The maximum atomic E-state index is 12.7. The van der Waals surface area contributed by atoms with Crippen molar-refractivity contribution in [2.75, 3.05) is 23.9 Å². The standard InChI is InChI=1S/C28H27N3O2/c1-18(2)19-4-9-23(10-5-19)29-28(32)20-6-11-24(12-7-20)31-15-14-22-16-21-8-13-25(33-3)17-26(21)30-27(22)31/h4-13,16-18H,14-15H2,1-3H3,(H,29,32). The van der Waals surface area contributed by atoms with Gasteiger partial charge in [0, 0.05) is 34.9 Å². The summed E-state index contributed by atoms with van der Waals surface area (Å²) < 4.78 is 5.36. The molecule has 0 aliphatic carbocycles. The molecule has 1 amide bonds. The van der Waals surface area contributed by atoms with Crippen LogP contribution in [0, 0.1) is 0 Å². The molecule has 5 rings (SSSR count). The van der Waals surface area contributed by atoms with E-state index in [4.69, 9.17) is 9.72 Å². The van der Waals surface area contributed by atoms with Gasteiger partial charge in [-0.05, 0) is 78.1 Å². The molecule has 33 heavy (non-hydrogen) atoms. The zero-order chi connectivity index (χ0) is 22.9. The summed E-state index contributed by atoms with van der Waals surface area (Å²) in [6, 6.07) is 23.9. The van der Waals surface area contributed by atoms with Gasteiger partial charge in [0.25, 0.3) is 5.91 Å². The Balaban J connectivity index is 1.35. The third-order valence-electron chi connectivity index (χ3n) is 6.22. The molecular formula is C28H27N3O2. The number of carbonyl (C=O) groups is 1. The first-order valence-corrected chi connectivity index (χ1v) is 11.3. The minimum atomic E-state index is -0.114. The van der Waals surface area contributed by atoms with E-state index in [1.165, 1.54) is 11.1 Å². The molecule has 0 fully saturated rings. The summed E-state index contributed by atoms with van der Waals surface area (Å²) in [4.78, 5) is 19.9. The highest BCUT2D eigenvalue weighted by molar-refractivity contribution is 6.04. The highest BCUT2D eigenvalue weighted by Crippen LogP contribution is 2.35. The van der Waals surface area contributed by atoms with Crippen molar-refractivity contribution in [2.45, 2.75) is 26.2 Å². The number of methoxy groups -OCH3 is 1. The molecule has 0 radical (unpaired) electrons. The zero-order valence-electron chi connectivity index (χ0n) is 19.1. The minimum Gasteiger partial charge on any atom is -0.497 e. The summed E-state index contributed by atoms with van der Waals surface area (Å²) in [5.74, 6) is 2.12. The fourth-order valence-corrected chi connectivity index (χ4v) is 4.26. The normalized spacial score (nSPS) is 12.8. The summed E-state index contributed by atoms with van der Waals surface area (Å²) in [7, 11) is 1.67. The summed E-state index contributed by atoms with van der Waals surface area (Å²) in [5.41, 5.74) is 5.86. The molecule has 2 heterocycles. The highest BCUT2D eigenvalue weighted by atomic mass is 16.5. The van der Waals surface area contributed by atoms with Gasteiger partial charge in [-0.3, -0.25) is 4.79 Å². The van der Waals surface area contributed by atoms with Gasteiger partial charge in [0.15, 0.2) is 0 Å². The summed E-state index contributed by atoms with van der Waals surface area (Å²) >= 11 is 0. The van der Waals surface area contributed by atoms with E-state index in [1.807, 2.05) is 54.6 Å². The zero-order valence-corrected chi connectivity index (χ0v) is 19.1. The van der Waals surface area contributed by atoms with Gasteiger partial charge in [-0.1, -0.05) is 26.0 Å². The number of nitrogens with one attached hydrogen (secondary N) is 1. The highest BCUT2D eigenvalue weighted by Gasteiger charge is 2.23.